The van der Waals surface area contributed by atoms with E-state index in [4.69, 9.17) is 21.1 Å². The molecule has 0 unspecified atom stereocenters. The van der Waals surface area contributed by atoms with Crippen molar-refractivity contribution in [2.24, 2.45) is 0 Å². The molecule has 1 N–H and O–H groups in total. The first-order chi connectivity index (χ1) is 14.1. The third-order valence-electron chi connectivity index (χ3n) is 4.45. The van der Waals surface area contributed by atoms with Gasteiger partial charge in [-0.3, -0.25) is 4.79 Å². The number of carbonyl (C=O) groups is 1. The molecule has 0 spiro atoms. The third-order valence-corrected chi connectivity index (χ3v) is 6.68. The molecule has 0 saturated carbocycles. The molecule has 8 heteroatoms. The molecule has 1 aliphatic rings. The van der Waals surface area contributed by atoms with Gasteiger partial charge in [-0.25, -0.2) is 4.98 Å². The van der Waals surface area contributed by atoms with Crippen LogP contribution < -0.4 is 14.8 Å². The van der Waals surface area contributed by atoms with Gasteiger partial charge in [-0.15, -0.1) is 22.7 Å². The van der Waals surface area contributed by atoms with Gasteiger partial charge in [0.15, 0.2) is 11.5 Å². The number of nitrogens with one attached hydrogen (secondary N) is 1. The van der Waals surface area contributed by atoms with E-state index < -0.39 is 0 Å². The Labute approximate surface area is 182 Å². The zero-order chi connectivity index (χ0) is 20.2. The quantitative estimate of drug-likeness (QED) is 0.582. The number of halogens is 1. The zero-order valence-electron chi connectivity index (χ0n) is 16.0. The highest BCUT2D eigenvalue weighted by molar-refractivity contribution is 7.16. The number of nitrogens with zero attached hydrogens (tertiary/aromatic N) is 1. The molecule has 152 valence electrons. The third kappa shape index (κ3) is 5.10. The van der Waals surface area contributed by atoms with Crippen molar-refractivity contribution >= 4 is 40.2 Å². The minimum atomic E-state index is -0.0394. The Balaban J connectivity index is 1.30. The number of amides is 1. The highest BCUT2D eigenvalue weighted by Gasteiger charge is 2.17. The van der Waals surface area contributed by atoms with Crippen LogP contribution in [0.4, 0.5) is 0 Å². The summed E-state index contributed by atoms with van der Waals surface area (Å²) >= 11 is 9.68. The van der Waals surface area contributed by atoms with Gasteiger partial charge in [-0.2, -0.15) is 0 Å². The van der Waals surface area contributed by atoms with Crippen LogP contribution in [0.2, 0.25) is 5.02 Å². The van der Waals surface area contributed by atoms with E-state index in [0.717, 1.165) is 34.0 Å². The van der Waals surface area contributed by atoms with E-state index in [-0.39, 0.29) is 12.3 Å². The van der Waals surface area contributed by atoms with Crippen molar-refractivity contribution in [2.75, 3.05) is 19.8 Å². The summed E-state index contributed by atoms with van der Waals surface area (Å²) < 4.78 is 11.3. The van der Waals surface area contributed by atoms with Crippen molar-refractivity contribution in [2.45, 2.75) is 26.2 Å². The van der Waals surface area contributed by atoms with Crippen molar-refractivity contribution < 1.29 is 14.3 Å². The fourth-order valence-electron chi connectivity index (χ4n) is 3.09. The molecule has 0 aliphatic carbocycles. The van der Waals surface area contributed by atoms with Crippen LogP contribution in [-0.4, -0.2) is 30.6 Å². The smallest absolute Gasteiger partial charge is 0.224 e. The highest BCUT2D eigenvalue weighted by Crippen LogP contribution is 2.38. The molecule has 1 aromatic carbocycles. The number of carbonyl (C=O) groups excluding carboxylic acids is 1. The first-order valence-electron chi connectivity index (χ1n) is 9.44. The maximum Gasteiger partial charge on any atom is 0.224 e. The van der Waals surface area contributed by atoms with Gasteiger partial charge >= 0.3 is 0 Å². The first-order valence-corrected chi connectivity index (χ1v) is 11.5. The van der Waals surface area contributed by atoms with Crippen LogP contribution >= 0.6 is 34.3 Å². The minimum Gasteiger partial charge on any atom is -0.489 e. The number of aromatic nitrogens is 1. The Kier molecular flexibility index (Phi) is 6.37. The summed E-state index contributed by atoms with van der Waals surface area (Å²) in [6.07, 6.45) is 1.86. The van der Waals surface area contributed by atoms with Gasteiger partial charge in [0.1, 0.15) is 0 Å². The van der Waals surface area contributed by atoms with Crippen molar-refractivity contribution in [1.82, 2.24) is 10.3 Å². The molecule has 29 heavy (non-hydrogen) atoms. The monoisotopic (exact) mass is 448 g/mol. The van der Waals surface area contributed by atoms with E-state index >= 15 is 0 Å². The summed E-state index contributed by atoms with van der Waals surface area (Å²) in [6.45, 7) is 3.77. The lowest BCUT2D eigenvalue weighted by atomic mass is 10.1. The fourth-order valence-corrected chi connectivity index (χ4v) is 5.03. The molecular weight excluding hydrogens is 428 g/mol. The number of hydrogen-bond acceptors (Lipinski definition) is 6. The standard InChI is InChI=1S/C21H21ClN2O3S2/c1-13-24-17(12-28-13)19-4-3-15(29-19)5-6-23-20(25)11-14-9-16(22)21-18(10-14)26-7-2-8-27-21/h3-4,9-10,12H,2,5-8,11H2,1H3,(H,23,25). The predicted octanol–water partition coefficient (Wildman–Crippen LogP) is 4.90. The lowest BCUT2D eigenvalue weighted by molar-refractivity contribution is -0.120. The number of hydrogen-bond donors (Lipinski definition) is 1. The van der Waals surface area contributed by atoms with Crippen LogP contribution in [0.15, 0.2) is 29.6 Å². The van der Waals surface area contributed by atoms with Gasteiger partial charge in [-0.05, 0) is 43.2 Å². The fraction of sp³-hybridized carbons (Fsp3) is 0.333. The highest BCUT2D eigenvalue weighted by atomic mass is 35.5. The molecule has 0 radical (unpaired) electrons. The van der Waals surface area contributed by atoms with Gasteiger partial charge < -0.3 is 14.8 Å². The van der Waals surface area contributed by atoms with E-state index in [0.29, 0.717) is 36.3 Å². The molecule has 1 amide bonds. The molecule has 4 rings (SSSR count). The largest absolute Gasteiger partial charge is 0.489 e. The average molecular weight is 449 g/mol. The first kappa shape index (κ1) is 20.2. The van der Waals surface area contributed by atoms with Crippen LogP contribution in [-0.2, 0) is 17.6 Å². The summed E-state index contributed by atoms with van der Waals surface area (Å²) in [6, 6.07) is 7.81. The maximum absolute atomic E-state index is 12.3. The Morgan fingerprint density at radius 1 is 1.28 bits per heavy atom. The number of thiophene rings is 1. The second-order valence-corrected chi connectivity index (χ2v) is 9.39. The minimum absolute atomic E-state index is 0.0394. The number of thiazole rings is 1. The Hall–Kier alpha value is -2.09. The van der Waals surface area contributed by atoms with Gasteiger partial charge in [0.2, 0.25) is 5.91 Å². The number of benzene rings is 1. The second kappa shape index (κ2) is 9.15. The van der Waals surface area contributed by atoms with Crippen LogP contribution in [0, 0.1) is 6.92 Å². The molecule has 3 aromatic rings. The molecule has 0 saturated heterocycles. The molecule has 5 nitrogen and oxygen atoms in total. The lowest BCUT2D eigenvalue weighted by Crippen LogP contribution is -2.27. The van der Waals surface area contributed by atoms with E-state index in [1.807, 2.05) is 13.0 Å². The molecular formula is C21H21ClN2O3S2. The van der Waals surface area contributed by atoms with Crippen LogP contribution in [0.5, 0.6) is 11.5 Å². The van der Waals surface area contributed by atoms with E-state index in [2.05, 4.69) is 27.8 Å². The second-order valence-electron chi connectivity index (χ2n) is 6.75. The topological polar surface area (TPSA) is 60.5 Å². The number of rotatable bonds is 6. The van der Waals surface area contributed by atoms with Crippen molar-refractivity contribution in [3.8, 4) is 22.1 Å². The number of aryl methyl sites for hydroxylation is 1. The summed E-state index contributed by atoms with van der Waals surface area (Å²) in [5.41, 5.74) is 1.84. The SMILES string of the molecule is Cc1nc(-c2ccc(CCNC(=O)Cc3cc(Cl)c4c(c3)OCCCO4)s2)cs1. The van der Waals surface area contributed by atoms with Crippen molar-refractivity contribution in [3.05, 3.63) is 50.1 Å². The van der Waals surface area contributed by atoms with Gasteiger partial charge in [0, 0.05) is 23.2 Å². The molecule has 3 heterocycles. The van der Waals surface area contributed by atoms with Gasteiger partial charge in [0.25, 0.3) is 0 Å². The van der Waals surface area contributed by atoms with Crippen LogP contribution in [0.1, 0.15) is 21.9 Å². The Morgan fingerprint density at radius 2 is 2.14 bits per heavy atom. The summed E-state index contributed by atoms with van der Waals surface area (Å²) in [7, 11) is 0. The summed E-state index contributed by atoms with van der Waals surface area (Å²) in [5.74, 6) is 1.14. The molecule has 2 aromatic heterocycles. The summed E-state index contributed by atoms with van der Waals surface area (Å²) in [4.78, 5) is 19.3. The molecule has 0 atom stereocenters. The normalized spacial score (nSPS) is 13.2. The van der Waals surface area contributed by atoms with E-state index in [9.17, 15) is 4.79 Å². The van der Waals surface area contributed by atoms with Crippen molar-refractivity contribution in [1.29, 1.82) is 0 Å². The molecule has 0 bridgehead atoms. The Morgan fingerprint density at radius 3 is 2.97 bits per heavy atom. The van der Waals surface area contributed by atoms with Gasteiger partial charge in [-0.1, -0.05) is 11.6 Å². The van der Waals surface area contributed by atoms with E-state index in [1.54, 1.807) is 28.7 Å². The summed E-state index contributed by atoms with van der Waals surface area (Å²) in [5, 5.41) is 6.61. The number of fused-ring (bicyclic) bond motifs is 1. The Bertz CT molecular complexity index is 1020. The maximum atomic E-state index is 12.3. The van der Waals surface area contributed by atoms with Crippen LogP contribution in [0.25, 0.3) is 10.6 Å². The van der Waals surface area contributed by atoms with Crippen LogP contribution in [0.3, 0.4) is 0 Å². The molecule has 1 aliphatic heterocycles. The number of ether oxygens (including phenoxy) is 2. The van der Waals surface area contributed by atoms with Crippen molar-refractivity contribution in [3.63, 3.8) is 0 Å². The lowest BCUT2D eigenvalue weighted by Gasteiger charge is -2.11. The van der Waals surface area contributed by atoms with Gasteiger partial charge in [0.05, 0.1) is 40.2 Å². The predicted molar refractivity (Wildman–Crippen MR) is 118 cm³/mol. The van der Waals surface area contributed by atoms with E-state index in [1.165, 1.54) is 4.88 Å². The molecule has 0 fully saturated rings. The zero-order valence-corrected chi connectivity index (χ0v) is 18.4. The average Bonchev–Trinajstić information content (AvgIpc) is 3.25.